The van der Waals surface area contributed by atoms with E-state index >= 15 is 0 Å². The molecule has 2 aromatic rings. The number of amides is 1. The summed E-state index contributed by atoms with van der Waals surface area (Å²) in [7, 11) is 0. The molecule has 1 unspecified atom stereocenters. The van der Waals surface area contributed by atoms with Gasteiger partial charge in [0.15, 0.2) is 10.4 Å². The third-order valence-electron chi connectivity index (χ3n) is 3.45. The lowest BCUT2D eigenvalue weighted by Crippen LogP contribution is -2.13. The summed E-state index contributed by atoms with van der Waals surface area (Å²) < 4.78 is 5.94. The molecule has 0 aliphatic rings. The summed E-state index contributed by atoms with van der Waals surface area (Å²) in [6.45, 7) is 8.25. The molecule has 22 heavy (non-hydrogen) atoms. The van der Waals surface area contributed by atoms with Gasteiger partial charge in [0, 0.05) is 21.4 Å². The van der Waals surface area contributed by atoms with Gasteiger partial charge in [0.2, 0.25) is 0 Å². The third kappa shape index (κ3) is 4.17. The lowest BCUT2D eigenvalue weighted by atomic mass is 10.2. The minimum Gasteiger partial charge on any atom is -0.444 e. The van der Waals surface area contributed by atoms with Crippen LogP contribution in [-0.2, 0) is 0 Å². The van der Waals surface area contributed by atoms with Crippen molar-refractivity contribution in [3.63, 3.8) is 0 Å². The highest BCUT2D eigenvalue weighted by molar-refractivity contribution is 9.10. The van der Waals surface area contributed by atoms with E-state index in [1.54, 1.807) is 6.07 Å². The summed E-state index contributed by atoms with van der Waals surface area (Å²) in [6, 6.07) is 7.89. The smallest absolute Gasteiger partial charge is 0.291 e. The lowest BCUT2D eigenvalue weighted by molar-refractivity contribution is 0.0994. The van der Waals surface area contributed by atoms with Gasteiger partial charge in [-0.2, -0.15) is 0 Å². The number of aryl methyl sites for hydroxylation is 2. The van der Waals surface area contributed by atoms with Crippen molar-refractivity contribution in [3.05, 3.63) is 45.8 Å². The zero-order valence-corrected chi connectivity index (χ0v) is 15.6. The zero-order chi connectivity index (χ0) is 16.3. The molecule has 1 aromatic heterocycles. The number of thioether (sulfide) groups is 1. The van der Waals surface area contributed by atoms with Crippen LogP contribution < -0.4 is 5.32 Å². The normalized spacial score (nSPS) is 12.2. The molecule has 0 aliphatic heterocycles. The van der Waals surface area contributed by atoms with E-state index in [2.05, 4.69) is 41.2 Å². The Labute approximate surface area is 144 Å². The standard InChI is InChI=1S/C17H20BrNO2S/c1-5-12(4)22-13-6-7-14(10(2)8-13)19-17(20)16-11(3)9-15(18)21-16/h6-9,12H,5H2,1-4H3,(H,19,20). The fourth-order valence-electron chi connectivity index (χ4n) is 2.01. The summed E-state index contributed by atoms with van der Waals surface area (Å²) in [5, 5.41) is 3.50. The maximum atomic E-state index is 12.3. The van der Waals surface area contributed by atoms with Crippen LogP contribution in [0.3, 0.4) is 0 Å². The number of halogens is 1. The lowest BCUT2D eigenvalue weighted by Gasteiger charge is -2.12. The van der Waals surface area contributed by atoms with Crippen LogP contribution in [0.2, 0.25) is 0 Å². The van der Waals surface area contributed by atoms with Gasteiger partial charge in [-0.25, -0.2) is 0 Å². The topological polar surface area (TPSA) is 42.2 Å². The molecule has 1 heterocycles. The Bertz CT molecular complexity index is 681. The van der Waals surface area contributed by atoms with E-state index in [0.29, 0.717) is 15.7 Å². The number of anilines is 1. The monoisotopic (exact) mass is 381 g/mol. The van der Waals surface area contributed by atoms with Gasteiger partial charge >= 0.3 is 0 Å². The van der Waals surface area contributed by atoms with Crippen molar-refractivity contribution in [1.82, 2.24) is 0 Å². The van der Waals surface area contributed by atoms with Crippen molar-refractivity contribution in [1.29, 1.82) is 0 Å². The highest BCUT2D eigenvalue weighted by Crippen LogP contribution is 2.29. The van der Waals surface area contributed by atoms with Crippen LogP contribution in [-0.4, -0.2) is 11.2 Å². The summed E-state index contributed by atoms with van der Waals surface area (Å²) in [4.78, 5) is 13.5. The minimum atomic E-state index is -0.228. The van der Waals surface area contributed by atoms with Gasteiger partial charge in [0.05, 0.1) is 0 Å². The molecule has 0 fully saturated rings. The predicted molar refractivity (Wildman–Crippen MR) is 95.9 cm³/mol. The molecule has 5 heteroatoms. The molecule has 0 saturated carbocycles. The SMILES string of the molecule is CCC(C)Sc1ccc(NC(=O)c2oc(Br)cc2C)c(C)c1. The third-order valence-corrected chi connectivity index (χ3v) is 5.10. The molecule has 0 bridgehead atoms. The van der Waals surface area contributed by atoms with E-state index in [9.17, 15) is 4.79 Å². The number of benzene rings is 1. The molecule has 0 aliphatic carbocycles. The van der Waals surface area contributed by atoms with Gasteiger partial charge < -0.3 is 9.73 Å². The fourth-order valence-corrected chi connectivity index (χ4v) is 3.54. The average Bonchev–Trinajstić information content (AvgIpc) is 2.80. The van der Waals surface area contributed by atoms with Crippen LogP contribution in [0.1, 0.15) is 41.9 Å². The van der Waals surface area contributed by atoms with Gasteiger partial charge in [0.1, 0.15) is 0 Å². The van der Waals surface area contributed by atoms with E-state index in [0.717, 1.165) is 23.2 Å². The molecular weight excluding hydrogens is 362 g/mol. The largest absolute Gasteiger partial charge is 0.444 e. The second-order valence-corrected chi connectivity index (χ2v) is 7.62. The van der Waals surface area contributed by atoms with Gasteiger partial charge in [0.25, 0.3) is 5.91 Å². The van der Waals surface area contributed by atoms with Crippen LogP contribution in [0, 0.1) is 13.8 Å². The van der Waals surface area contributed by atoms with Gasteiger partial charge in [-0.1, -0.05) is 13.8 Å². The molecule has 118 valence electrons. The first-order valence-corrected chi connectivity index (χ1v) is 8.92. The summed E-state index contributed by atoms with van der Waals surface area (Å²) in [6.07, 6.45) is 1.13. The Morgan fingerprint density at radius 3 is 2.59 bits per heavy atom. The van der Waals surface area contributed by atoms with E-state index < -0.39 is 0 Å². The number of carbonyl (C=O) groups is 1. The quantitative estimate of drug-likeness (QED) is 0.665. The molecule has 1 N–H and O–H groups in total. The summed E-state index contributed by atoms with van der Waals surface area (Å²) in [5.41, 5.74) is 2.67. The minimum absolute atomic E-state index is 0.228. The van der Waals surface area contributed by atoms with Crippen molar-refractivity contribution in [2.24, 2.45) is 0 Å². The molecular formula is C17H20BrNO2S. The molecule has 2 rings (SSSR count). The van der Waals surface area contributed by atoms with Crippen molar-refractivity contribution in [2.75, 3.05) is 5.32 Å². The van der Waals surface area contributed by atoms with E-state index in [-0.39, 0.29) is 5.91 Å². The number of carbonyl (C=O) groups excluding carboxylic acids is 1. The highest BCUT2D eigenvalue weighted by atomic mass is 79.9. The van der Waals surface area contributed by atoms with Crippen LogP contribution in [0.4, 0.5) is 5.69 Å². The van der Waals surface area contributed by atoms with Crippen LogP contribution in [0.25, 0.3) is 0 Å². The van der Waals surface area contributed by atoms with Crippen molar-refractivity contribution >= 4 is 39.3 Å². The van der Waals surface area contributed by atoms with Crippen LogP contribution in [0.5, 0.6) is 0 Å². The first-order chi connectivity index (χ1) is 10.4. The molecule has 1 atom stereocenters. The molecule has 1 amide bonds. The summed E-state index contributed by atoms with van der Waals surface area (Å²) in [5.74, 6) is 0.109. The predicted octanol–water partition coefficient (Wildman–Crippen LogP) is 5.80. The summed E-state index contributed by atoms with van der Waals surface area (Å²) >= 11 is 5.09. The molecule has 1 aromatic carbocycles. The maximum Gasteiger partial charge on any atom is 0.291 e. The van der Waals surface area contributed by atoms with E-state index in [1.807, 2.05) is 37.7 Å². The first kappa shape index (κ1) is 17.2. The zero-order valence-electron chi connectivity index (χ0n) is 13.2. The Balaban J connectivity index is 2.13. The van der Waals surface area contributed by atoms with Crippen molar-refractivity contribution in [3.8, 4) is 0 Å². The highest BCUT2D eigenvalue weighted by Gasteiger charge is 2.16. The number of rotatable bonds is 5. The Morgan fingerprint density at radius 2 is 2.05 bits per heavy atom. The van der Waals surface area contributed by atoms with Crippen LogP contribution in [0.15, 0.2) is 38.2 Å². The Kier molecular flexibility index (Phi) is 5.75. The number of hydrogen-bond acceptors (Lipinski definition) is 3. The number of nitrogens with one attached hydrogen (secondary N) is 1. The number of furan rings is 1. The van der Waals surface area contributed by atoms with Crippen molar-refractivity contribution in [2.45, 2.75) is 44.3 Å². The molecule has 0 spiro atoms. The van der Waals surface area contributed by atoms with Gasteiger partial charge in [-0.05, 0) is 66.0 Å². The van der Waals surface area contributed by atoms with E-state index in [1.165, 1.54) is 4.90 Å². The average molecular weight is 382 g/mol. The van der Waals surface area contributed by atoms with Gasteiger partial charge in [-0.3, -0.25) is 4.79 Å². The first-order valence-electron chi connectivity index (χ1n) is 7.25. The molecule has 3 nitrogen and oxygen atoms in total. The van der Waals surface area contributed by atoms with Crippen molar-refractivity contribution < 1.29 is 9.21 Å². The fraction of sp³-hybridized carbons (Fsp3) is 0.353. The Morgan fingerprint density at radius 1 is 1.32 bits per heavy atom. The second kappa shape index (κ2) is 7.38. The number of hydrogen-bond donors (Lipinski definition) is 1. The molecule has 0 saturated heterocycles. The van der Waals surface area contributed by atoms with E-state index in [4.69, 9.17) is 4.42 Å². The Hall–Kier alpha value is -1.20. The van der Waals surface area contributed by atoms with Gasteiger partial charge in [-0.15, -0.1) is 11.8 Å². The maximum absolute atomic E-state index is 12.3. The van der Waals surface area contributed by atoms with Crippen LogP contribution >= 0.6 is 27.7 Å². The molecule has 0 radical (unpaired) electrons. The second-order valence-electron chi connectivity index (χ2n) is 5.33.